The topological polar surface area (TPSA) is 114 Å². The van der Waals surface area contributed by atoms with Crippen molar-refractivity contribution in [3.63, 3.8) is 0 Å². The summed E-state index contributed by atoms with van der Waals surface area (Å²) < 4.78 is 19.8. The molecule has 0 spiro atoms. The largest absolute Gasteiger partial charge is 0.380 e. The van der Waals surface area contributed by atoms with Gasteiger partial charge in [0.2, 0.25) is 17.7 Å². The second-order valence-corrected chi connectivity index (χ2v) is 10.1. The second-order valence-electron chi connectivity index (χ2n) is 10.1. The lowest BCUT2D eigenvalue weighted by atomic mass is 9.86. The van der Waals surface area contributed by atoms with Gasteiger partial charge in [-0.2, -0.15) is 0 Å². The number of carbonyl (C=O) groups excluding carboxylic acids is 4. The molecule has 1 atom stereocenters. The molecular formula is C27H32FN3O5. The van der Waals surface area contributed by atoms with Crippen LogP contribution in [0.15, 0.2) is 42.5 Å². The summed E-state index contributed by atoms with van der Waals surface area (Å²) in [4.78, 5) is 49.4. The average molecular weight is 498 g/mol. The van der Waals surface area contributed by atoms with Crippen LogP contribution in [0.4, 0.5) is 10.1 Å². The fraction of sp³-hybridized carbons (Fsp3) is 0.407. The standard InChI is InChI=1S/C27H32FN3O5/c1-27(2,3)20-10-9-19(14-21(20)28)29-26(35)25(18-7-5-16(6-8-18)15-36-4)31-24(34)13-17-11-22(32)30-23(33)12-17/h5-10,14,17,25H,11-13,15H2,1-4H3,(H,29,35)(H,31,34)(H,30,32,33)/t25-/m1/s1. The van der Waals surface area contributed by atoms with Gasteiger partial charge in [0.05, 0.1) is 6.61 Å². The monoisotopic (exact) mass is 497 g/mol. The van der Waals surface area contributed by atoms with Crippen molar-refractivity contribution in [3.05, 3.63) is 65.0 Å². The number of rotatable bonds is 8. The highest BCUT2D eigenvalue weighted by Crippen LogP contribution is 2.28. The van der Waals surface area contributed by atoms with Gasteiger partial charge in [-0.1, -0.05) is 51.1 Å². The molecule has 3 rings (SSSR count). The second kappa shape index (κ2) is 11.4. The molecule has 0 bridgehead atoms. The van der Waals surface area contributed by atoms with Crippen LogP contribution in [-0.2, 0) is 35.9 Å². The fourth-order valence-electron chi connectivity index (χ4n) is 4.17. The molecule has 1 saturated heterocycles. The van der Waals surface area contributed by atoms with Crippen LogP contribution < -0.4 is 16.0 Å². The molecule has 36 heavy (non-hydrogen) atoms. The van der Waals surface area contributed by atoms with Crippen molar-refractivity contribution < 1.29 is 28.3 Å². The van der Waals surface area contributed by atoms with E-state index in [1.165, 1.54) is 6.07 Å². The summed E-state index contributed by atoms with van der Waals surface area (Å²) in [6.07, 6.45) is 0.0296. The van der Waals surface area contributed by atoms with Gasteiger partial charge in [0.25, 0.3) is 5.91 Å². The van der Waals surface area contributed by atoms with Crippen LogP contribution >= 0.6 is 0 Å². The highest BCUT2D eigenvalue weighted by atomic mass is 19.1. The maximum Gasteiger partial charge on any atom is 0.251 e. The molecule has 1 heterocycles. The molecule has 8 nitrogen and oxygen atoms in total. The SMILES string of the molecule is COCc1ccc([C@@H](NC(=O)CC2CC(=O)NC(=O)C2)C(=O)Nc2ccc(C(C)(C)C)c(F)c2)cc1. The van der Waals surface area contributed by atoms with Crippen molar-refractivity contribution in [1.29, 1.82) is 0 Å². The Balaban J connectivity index is 1.79. The molecule has 0 aromatic heterocycles. The Morgan fingerprint density at radius 3 is 2.28 bits per heavy atom. The summed E-state index contributed by atoms with van der Waals surface area (Å²) in [6, 6.07) is 10.4. The number of nitrogens with one attached hydrogen (secondary N) is 3. The highest BCUT2D eigenvalue weighted by Gasteiger charge is 2.29. The van der Waals surface area contributed by atoms with E-state index in [1.807, 2.05) is 20.8 Å². The third-order valence-electron chi connectivity index (χ3n) is 5.94. The van der Waals surface area contributed by atoms with Gasteiger partial charge in [0, 0.05) is 32.1 Å². The number of anilines is 1. The first-order valence-electron chi connectivity index (χ1n) is 11.8. The summed E-state index contributed by atoms with van der Waals surface area (Å²) in [6.45, 7) is 6.07. The van der Waals surface area contributed by atoms with E-state index in [0.29, 0.717) is 17.7 Å². The van der Waals surface area contributed by atoms with Gasteiger partial charge in [-0.25, -0.2) is 4.39 Å². The van der Waals surface area contributed by atoms with E-state index in [1.54, 1.807) is 43.5 Å². The molecule has 9 heteroatoms. The predicted octanol–water partition coefficient (Wildman–Crippen LogP) is 3.51. The number of carbonyl (C=O) groups is 4. The van der Waals surface area contributed by atoms with Crippen molar-refractivity contribution in [2.45, 2.75) is 58.1 Å². The zero-order chi connectivity index (χ0) is 26.5. The molecule has 2 aromatic carbocycles. The van der Waals surface area contributed by atoms with Crippen molar-refractivity contribution >= 4 is 29.3 Å². The van der Waals surface area contributed by atoms with Crippen LogP contribution in [0.1, 0.15) is 62.8 Å². The van der Waals surface area contributed by atoms with E-state index in [0.717, 1.165) is 5.56 Å². The van der Waals surface area contributed by atoms with E-state index in [4.69, 9.17) is 4.74 Å². The third-order valence-corrected chi connectivity index (χ3v) is 5.94. The van der Waals surface area contributed by atoms with E-state index >= 15 is 0 Å². The minimum atomic E-state index is -1.08. The quantitative estimate of drug-likeness (QED) is 0.483. The van der Waals surface area contributed by atoms with Crippen LogP contribution in [0.2, 0.25) is 0 Å². The Morgan fingerprint density at radius 1 is 1.08 bits per heavy atom. The van der Waals surface area contributed by atoms with E-state index in [9.17, 15) is 23.6 Å². The van der Waals surface area contributed by atoms with E-state index in [2.05, 4.69) is 16.0 Å². The summed E-state index contributed by atoms with van der Waals surface area (Å²) in [5, 5.41) is 7.61. The number of methoxy groups -OCH3 is 1. The summed E-state index contributed by atoms with van der Waals surface area (Å²) in [5.41, 5.74) is 1.79. The number of ether oxygens (including phenoxy) is 1. The van der Waals surface area contributed by atoms with E-state index in [-0.39, 0.29) is 24.9 Å². The molecule has 0 unspecified atom stereocenters. The summed E-state index contributed by atoms with van der Waals surface area (Å²) >= 11 is 0. The van der Waals surface area contributed by atoms with Gasteiger partial charge in [0.1, 0.15) is 11.9 Å². The number of amides is 4. The van der Waals surface area contributed by atoms with Gasteiger partial charge < -0.3 is 15.4 Å². The van der Waals surface area contributed by atoms with Crippen LogP contribution in [0, 0.1) is 11.7 Å². The molecule has 4 amide bonds. The van der Waals surface area contributed by atoms with Crippen molar-refractivity contribution in [2.24, 2.45) is 5.92 Å². The lowest BCUT2D eigenvalue weighted by Gasteiger charge is -2.23. The maximum absolute atomic E-state index is 14.7. The van der Waals surface area contributed by atoms with Crippen molar-refractivity contribution in [2.75, 3.05) is 12.4 Å². The number of piperidine rings is 1. The minimum Gasteiger partial charge on any atom is -0.380 e. The van der Waals surface area contributed by atoms with Crippen LogP contribution in [-0.4, -0.2) is 30.7 Å². The molecule has 192 valence electrons. The number of hydrogen-bond donors (Lipinski definition) is 3. The third kappa shape index (κ3) is 7.21. The highest BCUT2D eigenvalue weighted by molar-refractivity contribution is 5.99. The summed E-state index contributed by atoms with van der Waals surface area (Å²) in [5.74, 6) is -2.76. The maximum atomic E-state index is 14.7. The Labute approximate surface area is 210 Å². The molecule has 3 N–H and O–H groups in total. The molecule has 1 fully saturated rings. The van der Waals surface area contributed by atoms with Gasteiger partial charge in [0.15, 0.2) is 0 Å². The molecule has 2 aromatic rings. The zero-order valence-corrected chi connectivity index (χ0v) is 20.9. The van der Waals surface area contributed by atoms with Crippen LogP contribution in [0.3, 0.4) is 0 Å². The van der Waals surface area contributed by atoms with Crippen LogP contribution in [0.5, 0.6) is 0 Å². The minimum absolute atomic E-state index is 0.0567. The molecule has 0 aliphatic carbocycles. The lowest BCUT2D eigenvalue weighted by molar-refractivity contribution is -0.136. The zero-order valence-electron chi connectivity index (χ0n) is 20.9. The summed E-state index contributed by atoms with van der Waals surface area (Å²) in [7, 11) is 1.57. The van der Waals surface area contributed by atoms with Crippen LogP contribution in [0.25, 0.3) is 0 Å². The van der Waals surface area contributed by atoms with Gasteiger partial charge in [-0.05, 0) is 40.2 Å². The first-order valence-corrected chi connectivity index (χ1v) is 11.8. The predicted molar refractivity (Wildman–Crippen MR) is 132 cm³/mol. The van der Waals surface area contributed by atoms with Gasteiger partial charge in [-0.3, -0.25) is 24.5 Å². The Kier molecular flexibility index (Phi) is 8.57. The first kappa shape index (κ1) is 27.0. The molecule has 0 radical (unpaired) electrons. The molecule has 1 aliphatic rings. The number of hydrogen-bond acceptors (Lipinski definition) is 5. The number of halogens is 1. The van der Waals surface area contributed by atoms with Crippen molar-refractivity contribution in [1.82, 2.24) is 10.6 Å². The Bertz CT molecular complexity index is 1130. The normalized spacial score (nSPS) is 15.2. The van der Waals surface area contributed by atoms with Gasteiger partial charge >= 0.3 is 0 Å². The molecular weight excluding hydrogens is 465 g/mol. The molecule has 0 saturated carbocycles. The Morgan fingerprint density at radius 2 is 1.72 bits per heavy atom. The van der Waals surface area contributed by atoms with E-state index < -0.39 is 46.8 Å². The number of benzene rings is 2. The average Bonchev–Trinajstić information content (AvgIpc) is 2.77. The fourth-order valence-corrected chi connectivity index (χ4v) is 4.17. The smallest absolute Gasteiger partial charge is 0.251 e. The lowest BCUT2D eigenvalue weighted by Crippen LogP contribution is -2.42. The number of imide groups is 1. The first-order chi connectivity index (χ1) is 17.0. The Hall–Kier alpha value is -3.59. The molecule has 1 aliphatic heterocycles. The van der Waals surface area contributed by atoms with Gasteiger partial charge in [-0.15, -0.1) is 0 Å². The van der Waals surface area contributed by atoms with Crippen molar-refractivity contribution in [3.8, 4) is 0 Å².